The predicted molar refractivity (Wildman–Crippen MR) is 139 cm³/mol. The Morgan fingerprint density at radius 1 is 1.00 bits per heavy atom. The number of aryl methyl sites for hydroxylation is 1. The van der Waals surface area contributed by atoms with Crippen molar-refractivity contribution in [2.24, 2.45) is 0 Å². The predicted octanol–water partition coefficient (Wildman–Crippen LogP) is 7.70. The van der Waals surface area contributed by atoms with Crippen molar-refractivity contribution in [1.29, 1.82) is 0 Å². The van der Waals surface area contributed by atoms with Gasteiger partial charge in [0.05, 0.1) is 23.1 Å². The van der Waals surface area contributed by atoms with Crippen molar-refractivity contribution in [3.05, 3.63) is 95.0 Å². The van der Waals surface area contributed by atoms with Crippen LogP contribution in [0.3, 0.4) is 0 Å². The molecule has 0 spiro atoms. The van der Waals surface area contributed by atoms with Crippen LogP contribution in [0, 0.1) is 0 Å². The highest BCUT2D eigenvalue weighted by Gasteiger charge is 2.17. The molecule has 1 aliphatic rings. The molecule has 3 nitrogen and oxygen atoms in total. The maximum Gasteiger partial charge on any atom is 0.115 e. The van der Waals surface area contributed by atoms with E-state index in [1.54, 1.807) is 11.3 Å². The zero-order valence-corrected chi connectivity index (χ0v) is 19.9. The summed E-state index contributed by atoms with van der Waals surface area (Å²) in [6, 6.07) is 17.4. The molecule has 0 amide bonds. The van der Waals surface area contributed by atoms with E-state index < -0.39 is 0 Å². The number of nitrogens with zero attached hydrogens (tertiary/aromatic N) is 3. The van der Waals surface area contributed by atoms with E-state index in [0.717, 1.165) is 48.4 Å². The molecule has 6 rings (SSSR count). The van der Waals surface area contributed by atoms with Gasteiger partial charge in [-0.2, -0.15) is 0 Å². The molecule has 0 fully saturated rings. The van der Waals surface area contributed by atoms with Gasteiger partial charge in [0.25, 0.3) is 0 Å². The first-order valence-corrected chi connectivity index (χ1v) is 12.7. The first kappa shape index (κ1) is 20.4. The van der Waals surface area contributed by atoms with Crippen molar-refractivity contribution in [2.75, 3.05) is 0 Å². The summed E-state index contributed by atoms with van der Waals surface area (Å²) >= 11 is 1.79. The number of thiophene rings is 1. The van der Waals surface area contributed by atoms with Gasteiger partial charge in [0, 0.05) is 33.1 Å². The molecule has 0 unspecified atom stereocenters. The zero-order valence-electron chi connectivity index (χ0n) is 19.1. The lowest BCUT2D eigenvalue weighted by Crippen LogP contribution is -2.03. The van der Waals surface area contributed by atoms with Crippen molar-refractivity contribution in [3.63, 3.8) is 0 Å². The quantitative estimate of drug-likeness (QED) is 0.266. The Hall–Kier alpha value is -3.24. The van der Waals surface area contributed by atoms with Gasteiger partial charge in [0.15, 0.2) is 0 Å². The minimum atomic E-state index is 0.356. The van der Waals surface area contributed by atoms with Gasteiger partial charge in [0.2, 0.25) is 0 Å². The third-order valence-electron chi connectivity index (χ3n) is 6.69. The summed E-state index contributed by atoms with van der Waals surface area (Å²) in [5.41, 5.74) is 8.92. The van der Waals surface area contributed by atoms with Gasteiger partial charge in [-0.15, -0.1) is 11.3 Å². The minimum Gasteiger partial charge on any atom is -0.300 e. The number of aromatic nitrogens is 3. The van der Waals surface area contributed by atoms with Crippen LogP contribution in [0.15, 0.2) is 72.4 Å². The topological polar surface area (TPSA) is 30.2 Å². The van der Waals surface area contributed by atoms with Crippen LogP contribution < -0.4 is 0 Å². The Kier molecular flexibility index (Phi) is 5.11. The van der Waals surface area contributed by atoms with Gasteiger partial charge in [0.1, 0.15) is 5.82 Å². The van der Waals surface area contributed by atoms with Crippen LogP contribution in [-0.4, -0.2) is 14.4 Å². The van der Waals surface area contributed by atoms with E-state index in [2.05, 4.69) is 84.4 Å². The van der Waals surface area contributed by atoms with E-state index in [1.165, 1.54) is 32.3 Å². The number of hydrogen-bond donors (Lipinski definition) is 0. The van der Waals surface area contributed by atoms with Crippen LogP contribution in [0.1, 0.15) is 55.3 Å². The summed E-state index contributed by atoms with van der Waals surface area (Å²) in [6.45, 7) is 4.41. The SMILES string of the molecule is CC(C)c1ncc2c(CCCC3=CCc4ccccc43)nc(-c3csc4ccccc34)cn12. The molecule has 0 saturated carbocycles. The molecular formula is C29H27N3S. The fourth-order valence-electron chi connectivity index (χ4n) is 5.03. The van der Waals surface area contributed by atoms with Crippen LogP contribution in [0.25, 0.3) is 32.4 Å². The molecule has 3 heterocycles. The first-order chi connectivity index (χ1) is 16.2. The Morgan fingerprint density at radius 3 is 2.76 bits per heavy atom. The van der Waals surface area contributed by atoms with E-state index in [0.29, 0.717) is 5.92 Å². The van der Waals surface area contributed by atoms with Crippen LogP contribution in [-0.2, 0) is 12.8 Å². The molecule has 5 aromatic rings. The van der Waals surface area contributed by atoms with Gasteiger partial charge >= 0.3 is 0 Å². The van der Waals surface area contributed by atoms with Crippen molar-refractivity contribution in [3.8, 4) is 11.3 Å². The number of imidazole rings is 1. The summed E-state index contributed by atoms with van der Waals surface area (Å²) < 4.78 is 3.58. The summed E-state index contributed by atoms with van der Waals surface area (Å²) in [4.78, 5) is 9.97. The largest absolute Gasteiger partial charge is 0.300 e. The second-order valence-corrected chi connectivity index (χ2v) is 10.1. The number of fused-ring (bicyclic) bond motifs is 3. The van der Waals surface area contributed by atoms with E-state index >= 15 is 0 Å². The monoisotopic (exact) mass is 449 g/mol. The fraction of sp³-hybridized carbons (Fsp3) is 0.241. The fourth-order valence-corrected chi connectivity index (χ4v) is 5.99. The molecular weight excluding hydrogens is 422 g/mol. The van der Waals surface area contributed by atoms with Gasteiger partial charge in [-0.25, -0.2) is 9.97 Å². The normalized spacial score (nSPS) is 13.2. The average Bonchev–Trinajstić information content (AvgIpc) is 3.55. The van der Waals surface area contributed by atoms with Crippen LogP contribution in [0.4, 0.5) is 0 Å². The third-order valence-corrected chi connectivity index (χ3v) is 7.66. The molecule has 1 aliphatic carbocycles. The lowest BCUT2D eigenvalue weighted by molar-refractivity contribution is 0.764. The Bertz CT molecular complexity index is 1500. The summed E-state index contributed by atoms with van der Waals surface area (Å²) in [5, 5.41) is 3.52. The molecule has 0 aliphatic heterocycles. The third kappa shape index (κ3) is 3.59. The first-order valence-electron chi connectivity index (χ1n) is 11.8. The van der Waals surface area contributed by atoms with E-state index in [9.17, 15) is 0 Å². The van der Waals surface area contributed by atoms with Crippen molar-refractivity contribution in [1.82, 2.24) is 14.4 Å². The lowest BCUT2D eigenvalue weighted by atomic mass is 10.0. The van der Waals surface area contributed by atoms with E-state index in [1.807, 2.05) is 6.20 Å². The molecule has 164 valence electrons. The zero-order chi connectivity index (χ0) is 22.4. The van der Waals surface area contributed by atoms with Gasteiger partial charge in [-0.05, 0) is 48.4 Å². The molecule has 4 heteroatoms. The summed E-state index contributed by atoms with van der Waals surface area (Å²) in [7, 11) is 0. The van der Waals surface area contributed by atoms with Gasteiger partial charge in [-0.1, -0.05) is 62.4 Å². The Balaban J connectivity index is 1.36. The molecule has 0 atom stereocenters. The Labute approximate surface area is 198 Å². The average molecular weight is 450 g/mol. The molecule has 2 aromatic carbocycles. The number of hydrogen-bond acceptors (Lipinski definition) is 3. The summed E-state index contributed by atoms with van der Waals surface area (Å²) in [6.07, 6.45) is 10.8. The number of allylic oxidation sites excluding steroid dienone is 2. The van der Waals surface area contributed by atoms with Crippen molar-refractivity contribution >= 4 is 32.5 Å². The lowest BCUT2D eigenvalue weighted by Gasteiger charge is -2.11. The maximum absolute atomic E-state index is 5.20. The van der Waals surface area contributed by atoms with Gasteiger partial charge < -0.3 is 0 Å². The molecule has 33 heavy (non-hydrogen) atoms. The van der Waals surface area contributed by atoms with Crippen molar-refractivity contribution in [2.45, 2.75) is 45.4 Å². The highest BCUT2D eigenvalue weighted by Crippen LogP contribution is 2.35. The highest BCUT2D eigenvalue weighted by molar-refractivity contribution is 7.17. The highest BCUT2D eigenvalue weighted by atomic mass is 32.1. The summed E-state index contributed by atoms with van der Waals surface area (Å²) in [5.74, 6) is 1.46. The number of rotatable bonds is 6. The second kappa shape index (κ2) is 8.27. The maximum atomic E-state index is 5.20. The molecule has 0 bridgehead atoms. The Morgan fingerprint density at radius 2 is 1.85 bits per heavy atom. The van der Waals surface area contributed by atoms with Crippen LogP contribution in [0.5, 0.6) is 0 Å². The van der Waals surface area contributed by atoms with Crippen LogP contribution in [0.2, 0.25) is 0 Å². The second-order valence-electron chi connectivity index (χ2n) is 9.19. The van der Waals surface area contributed by atoms with E-state index in [4.69, 9.17) is 9.97 Å². The molecule has 3 aromatic heterocycles. The number of benzene rings is 2. The van der Waals surface area contributed by atoms with Crippen LogP contribution >= 0.6 is 11.3 Å². The molecule has 0 saturated heterocycles. The molecule has 0 radical (unpaired) electrons. The standard InChI is InChI=1S/C29H27N3S/c1-19(2)29-30-16-27-25(12-7-9-21-15-14-20-8-3-4-10-22(20)21)31-26(17-32(27)29)24-18-33-28-13-6-5-11-23(24)28/h3-6,8,10-11,13,15-19H,7,9,12,14H2,1-2H3. The van der Waals surface area contributed by atoms with Crippen molar-refractivity contribution < 1.29 is 0 Å². The minimum absolute atomic E-state index is 0.356. The van der Waals surface area contributed by atoms with Gasteiger partial charge in [-0.3, -0.25) is 4.40 Å². The smallest absolute Gasteiger partial charge is 0.115 e. The van der Waals surface area contributed by atoms with E-state index in [-0.39, 0.29) is 0 Å². The molecule has 0 N–H and O–H groups in total.